The summed E-state index contributed by atoms with van der Waals surface area (Å²) >= 11 is 5.95. The average Bonchev–Trinajstić information content (AvgIpc) is 2.92. The van der Waals surface area contributed by atoms with Crippen molar-refractivity contribution in [1.29, 1.82) is 0 Å². The Bertz CT molecular complexity index is 411. The zero-order valence-electron chi connectivity index (χ0n) is 11.8. The molecule has 0 spiro atoms. The van der Waals surface area contributed by atoms with Crippen LogP contribution in [0.3, 0.4) is 0 Å². The van der Waals surface area contributed by atoms with Crippen molar-refractivity contribution in [3.63, 3.8) is 0 Å². The highest BCUT2D eigenvalue weighted by molar-refractivity contribution is 6.30. The molecule has 4 nitrogen and oxygen atoms in total. The fraction of sp³-hybridized carbons (Fsp3) is 0.600. The number of rotatable bonds is 7. The maximum absolute atomic E-state index is 5.95. The second-order valence-electron chi connectivity index (χ2n) is 5.27. The average molecular weight is 299 g/mol. The van der Waals surface area contributed by atoms with E-state index in [0.29, 0.717) is 11.1 Å². The summed E-state index contributed by atoms with van der Waals surface area (Å²) in [5, 5.41) is 0.673. The van der Waals surface area contributed by atoms with E-state index in [-0.39, 0.29) is 12.1 Å². The van der Waals surface area contributed by atoms with Gasteiger partial charge in [0.1, 0.15) is 11.9 Å². The summed E-state index contributed by atoms with van der Waals surface area (Å²) in [7, 11) is 0. The lowest BCUT2D eigenvalue weighted by molar-refractivity contribution is 0.0904. The minimum Gasteiger partial charge on any atom is -0.489 e. The molecule has 1 aliphatic rings. The molecule has 112 valence electrons. The number of benzene rings is 1. The van der Waals surface area contributed by atoms with Gasteiger partial charge in [-0.3, -0.25) is 11.3 Å². The van der Waals surface area contributed by atoms with Crippen molar-refractivity contribution < 1.29 is 9.47 Å². The van der Waals surface area contributed by atoms with Crippen LogP contribution in [-0.2, 0) is 4.74 Å². The lowest BCUT2D eigenvalue weighted by atomic mass is 10.0. The Labute approximate surface area is 125 Å². The van der Waals surface area contributed by atoms with E-state index in [0.717, 1.165) is 31.6 Å². The lowest BCUT2D eigenvalue weighted by Crippen LogP contribution is -2.45. The number of hydrazine groups is 1. The van der Waals surface area contributed by atoms with Crippen molar-refractivity contribution in [2.75, 3.05) is 6.61 Å². The van der Waals surface area contributed by atoms with Crippen molar-refractivity contribution in [1.82, 2.24) is 5.43 Å². The summed E-state index contributed by atoms with van der Waals surface area (Å²) in [5.74, 6) is 6.41. The van der Waals surface area contributed by atoms with E-state index in [1.165, 1.54) is 6.42 Å². The van der Waals surface area contributed by atoms with Gasteiger partial charge in [-0.25, -0.2) is 0 Å². The monoisotopic (exact) mass is 298 g/mol. The zero-order chi connectivity index (χ0) is 14.4. The van der Waals surface area contributed by atoms with Crippen LogP contribution in [0.25, 0.3) is 0 Å². The Morgan fingerprint density at radius 1 is 1.55 bits per heavy atom. The molecule has 0 radical (unpaired) electrons. The van der Waals surface area contributed by atoms with Crippen LogP contribution in [0.2, 0.25) is 5.02 Å². The SMILES string of the molecule is CC(Oc1cccc(Cl)c1)C(CCC1CCCO1)NN. The van der Waals surface area contributed by atoms with Crippen LogP contribution in [0.5, 0.6) is 5.75 Å². The number of hydrogen-bond donors (Lipinski definition) is 2. The van der Waals surface area contributed by atoms with Crippen molar-refractivity contribution >= 4 is 11.6 Å². The van der Waals surface area contributed by atoms with Gasteiger partial charge in [0.05, 0.1) is 12.1 Å². The van der Waals surface area contributed by atoms with Gasteiger partial charge in [-0.1, -0.05) is 17.7 Å². The molecule has 3 unspecified atom stereocenters. The summed E-state index contributed by atoms with van der Waals surface area (Å²) < 4.78 is 11.5. The van der Waals surface area contributed by atoms with Gasteiger partial charge in [0.15, 0.2) is 0 Å². The molecular weight excluding hydrogens is 276 g/mol. The first kappa shape index (κ1) is 15.6. The first-order valence-corrected chi connectivity index (χ1v) is 7.57. The molecule has 1 saturated heterocycles. The summed E-state index contributed by atoms with van der Waals surface area (Å²) in [6, 6.07) is 7.51. The molecule has 0 saturated carbocycles. The highest BCUT2D eigenvalue weighted by Crippen LogP contribution is 2.22. The molecule has 20 heavy (non-hydrogen) atoms. The number of hydrogen-bond acceptors (Lipinski definition) is 4. The fourth-order valence-electron chi connectivity index (χ4n) is 2.53. The molecular formula is C15H23ClN2O2. The number of nitrogens with one attached hydrogen (secondary N) is 1. The number of halogens is 1. The molecule has 0 aromatic heterocycles. The summed E-state index contributed by atoms with van der Waals surface area (Å²) in [5.41, 5.74) is 2.85. The quantitative estimate of drug-likeness (QED) is 0.600. The molecule has 3 N–H and O–H groups in total. The predicted molar refractivity (Wildman–Crippen MR) is 80.9 cm³/mol. The van der Waals surface area contributed by atoms with Crippen molar-refractivity contribution in [2.24, 2.45) is 5.84 Å². The van der Waals surface area contributed by atoms with Gasteiger partial charge in [0.25, 0.3) is 0 Å². The van der Waals surface area contributed by atoms with Gasteiger partial charge in [-0.15, -0.1) is 0 Å². The van der Waals surface area contributed by atoms with Gasteiger partial charge in [0.2, 0.25) is 0 Å². The van der Waals surface area contributed by atoms with E-state index in [1.807, 2.05) is 31.2 Å². The second-order valence-corrected chi connectivity index (χ2v) is 5.70. The van der Waals surface area contributed by atoms with Crippen LogP contribution in [-0.4, -0.2) is 24.9 Å². The maximum Gasteiger partial charge on any atom is 0.121 e. The first-order valence-electron chi connectivity index (χ1n) is 7.19. The fourth-order valence-corrected chi connectivity index (χ4v) is 2.71. The standard InChI is InChI=1S/C15H23ClN2O2/c1-11(20-14-5-2-4-12(16)10-14)15(18-17)8-7-13-6-3-9-19-13/h2,4-5,10-11,13,15,18H,3,6-9,17H2,1H3. The number of ether oxygens (including phenoxy) is 2. The molecule has 1 heterocycles. The summed E-state index contributed by atoms with van der Waals surface area (Å²) in [6.07, 6.45) is 4.62. The van der Waals surface area contributed by atoms with Crippen LogP contribution in [0.1, 0.15) is 32.6 Å². The molecule has 0 aliphatic carbocycles. The Kier molecular flexibility index (Phi) is 6.10. The minimum atomic E-state index is -0.0279. The third-order valence-corrected chi connectivity index (χ3v) is 3.96. The van der Waals surface area contributed by atoms with E-state index in [1.54, 1.807) is 0 Å². The maximum atomic E-state index is 5.95. The van der Waals surface area contributed by atoms with Crippen LogP contribution in [0.4, 0.5) is 0 Å². The minimum absolute atomic E-state index is 0.0279. The molecule has 5 heteroatoms. The molecule has 1 aromatic carbocycles. The highest BCUT2D eigenvalue weighted by Gasteiger charge is 2.22. The van der Waals surface area contributed by atoms with E-state index >= 15 is 0 Å². The van der Waals surface area contributed by atoms with Crippen LogP contribution in [0, 0.1) is 0 Å². The third kappa shape index (κ3) is 4.63. The summed E-state index contributed by atoms with van der Waals surface area (Å²) in [4.78, 5) is 0. The predicted octanol–water partition coefficient (Wildman–Crippen LogP) is 2.90. The Morgan fingerprint density at radius 3 is 3.05 bits per heavy atom. The van der Waals surface area contributed by atoms with E-state index in [2.05, 4.69) is 5.43 Å². The van der Waals surface area contributed by atoms with Gasteiger partial charge in [-0.2, -0.15) is 0 Å². The lowest BCUT2D eigenvalue weighted by Gasteiger charge is -2.25. The smallest absolute Gasteiger partial charge is 0.121 e. The van der Waals surface area contributed by atoms with Gasteiger partial charge < -0.3 is 9.47 Å². The highest BCUT2D eigenvalue weighted by atomic mass is 35.5. The van der Waals surface area contributed by atoms with Gasteiger partial charge in [0, 0.05) is 11.6 Å². The topological polar surface area (TPSA) is 56.5 Å². The zero-order valence-corrected chi connectivity index (χ0v) is 12.6. The van der Waals surface area contributed by atoms with Gasteiger partial charge >= 0.3 is 0 Å². The van der Waals surface area contributed by atoms with Crippen molar-refractivity contribution in [3.05, 3.63) is 29.3 Å². The molecule has 2 rings (SSSR count). The Balaban J connectivity index is 1.82. The normalized spacial score (nSPS) is 21.6. The van der Waals surface area contributed by atoms with E-state index in [4.69, 9.17) is 26.9 Å². The first-order chi connectivity index (χ1) is 9.69. The van der Waals surface area contributed by atoms with Crippen molar-refractivity contribution in [2.45, 2.75) is 50.9 Å². The van der Waals surface area contributed by atoms with Crippen LogP contribution < -0.4 is 16.0 Å². The van der Waals surface area contributed by atoms with E-state index in [9.17, 15) is 0 Å². The number of nitrogens with two attached hydrogens (primary N) is 1. The van der Waals surface area contributed by atoms with Crippen LogP contribution in [0.15, 0.2) is 24.3 Å². The molecule has 0 amide bonds. The summed E-state index contributed by atoms with van der Waals surface area (Å²) in [6.45, 7) is 2.90. The van der Waals surface area contributed by atoms with Crippen LogP contribution >= 0.6 is 11.6 Å². The molecule has 3 atom stereocenters. The largest absolute Gasteiger partial charge is 0.489 e. The van der Waals surface area contributed by atoms with Gasteiger partial charge in [-0.05, 0) is 50.8 Å². The molecule has 0 bridgehead atoms. The van der Waals surface area contributed by atoms with Crippen molar-refractivity contribution in [3.8, 4) is 5.75 Å². The molecule has 1 aliphatic heterocycles. The Morgan fingerprint density at radius 2 is 2.40 bits per heavy atom. The Hall–Kier alpha value is -0.810. The third-order valence-electron chi connectivity index (χ3n) is 3.72. The molecule has 1 aromatic rings. The second kappa shape index (κ2) is 7.84. The molecule has 1 fully saturated rings. The van der Waals surface area contributed by atoms with E-state index < -0.39 is 0 Å².